The third-order valence-corrected chi connectivity index (χ3v) is 6.69. The molecule has 124 valence electrons. The van der Waals surface area contributed by atoms with Crippen LogP contribution in [-0.4, -0.2) is 36.6 Å². The van der Waals surface area contributed by atoms with Crippen molar-refractivity contribution in [2.24, 2.45) is 11.8 Å². The number of rotatable bonds is 7. The van der Waals surface area contributed by atoms with E-state index in [0.717, 1.165) is 11.8 Å². The average molecular weight is 295 g/mol. The second-order valence-corrected chi connectivity index (χ2v) is 7.44. The standard InChI is InChI=1S/C19H38N2/c1-5-16-10-12-17(13-11-16)18(20-4)19(14-8-9-15-19)21(6-2)7-3/h16-18,20H,5-15H2,1-4H3. The summed E-state index contributed by atoms with van der Waals surface area (Å²) in [5, 5.41) is 3.79. The van der Waals surface area contributed by atoms with E-state index in [1.165, 1.54) is 70.9 Å². The van der Waals surface area contributed by atoms with Crippen LogP contribution in [0.2, 0.25) is 0 Å². The van der Waals surface area contributed by atoms with E-state index in [1.54, 1.807) is 0 Å². The van der Waals surface area contributed by atoms with Crippen LogP contribution in [0.15, 0.2) is 0 Å². The number of likely N-dealkylation sites (N-methyl/N-ethyl adjacent to an activating group) is 2. The molecule has 2 aliphatic rings. The fraction of sp³-hybridized carbons (Fsp3) is 1.00. The molecule has 2 fully saturated rings. The molecule has 0 radical (unpaired) electrons. The number of hydrogen-bond acceptors (Lipinski definition) is 2. The van der Waals surface area contributed by atoms with Crippen molar-refractivity contribution in [1.82, 2.24) is 10.2 Å². The van der Waals surface area contributed by atoms with E-state index in [0.29, 0.717) is 11.6 Å². The SMILES string of the molecule is CCC1CCC(C(NC)C2(N(CC)CC)CCCC2)CC1. The normalized spacial score (nSPS) is 30.7. The maximum absolute atomic E-state index is 3.79. The minimum atomic E-state index is 0.446. The van der Waals surface area contributed by atoms with Crippen LogP contribution in [0.1, 0.15) is 78.6 Å². The Bertz CT molecular complexity index is 284. The molecule has 2 heteroatoms. The van der Waals surface area contributed by atoms with Gasteiger partial charge in [-0.2, -0.15) is 0 Å². The zero-order chi connectivity index (χ0) is 15.3. The summed E-state index contributed by atoms with van der Waals surface area (Å²) >= 11 is 0. The van der Waals surface area contributed by atoms with Crippen molar-refractivity contribution in [2.75, 3.05) is 20.1 Å². The van der Waals surface area contributed by atoms with Crippen LogP contribution in [0, 0.1) is 11.8 Å². The highest BCUT2D eigenvalue weighted by Crippen LogP contribution is 2.44. The molecule has 2 nitrogen and oxygen atoms in total. The molecule has 1 atom stereocenters. The van der Waals surface area contributed by atoms with E-state index in [-0.39, 0.29) is 0 Å². The van der Waals surface area contributed by atoms with E-state index in [9.17, 15) is 0 Å². The fourth-order valence-electron chi connectivity index (χ4n) is 5.54. The lowest BCUT2D eigenvalue weighted by molar-refractivity contribution is 0.0293. The molecule has 0 spiro atoms. The molecule has 21 heavy (non-hydrogen) atoms. The van der Waals surface area contributed by atoms with E-state index < -0.39 is 0 Å². The lowest BCUT2D eigenvalue weighted by Gasteiger charge is -2.50. The van der Waals surface area contributed by atoms with Gasteiger partial charge in [-0.05, 0) is 57.7 Å². The Balaban J connectivity index is 2.13. The van der Waals surface area contributed by atoms with Crippen molar-refractivity contribution < 1.29 is 0 Å². The average Bonchev–Trinajstić information content (AvgIpc) is 3.00. The molecule has 0 aliphatic heterocycles. The van der Waals surface area contributed by atoms with Gasteiger partial charge in [0.2, 0.25) is 0 Å². The van der Waals surface area contributed by atoms with Gasteiger partial charge < -0.3 is 5.32 Å². The number of hydrogen-bond donors (Lipinski definition) is 1. The molecule has 1 unspecified atom stereocenters. The molecule has 0 bridgehead atoms. The quantitative estimate of drug-likeness (QED) is 0.746. The van der Waals surface area contributed by atoms with Gasteiger partial charge in [-0.15, -0.1) is 0 Å². The van der Waals surface area contributed by atoms with E-state index in [2.05, 4.69) is 38.0 Å². The molecule has 2 aliphatic carbocycles. The third kappa shape index (κ3) is 3.47. The van der Waals surface area contributed by atoms with Crippen LogP contribution in [0.25, 0.3) is 0 Å². The molecule has 2 saturated carbocycles. The minimum Gasteiger partial charge on any atom is -0.315 e. The van der Waals surface area contributed by atoms with Gasteiger partial charge in [0, 0.05) is 11.6 Å². The second kappa shape index (κ2) is 7.97. The first-order chi connectivity index (χ1) is 10.2. The van der Waals surface area contributed by atoms with Crippen molar-refractivity contribution >= 4 is 0 Å². The van der Waals surface area contributed by atoms with Gasteiger partial charge in [-0.3, -0.25) is 4.90 Å². The summed E-state index contributed by atoms with van der Waals surface area (Å²) in [6.45, 7) is 9.49. The first kappa shape index (κ1) is 17.3. The molecule has 0 saturated heterocycles. The Morgan fingerprint density at radius 3 is 2.00 bits per heavy atom. The van der Waals surface area contributed by atoms with Crippen molar-refractivity contribution in [3.8, 4) is 0 Å². The Hall–Kier alpha value is -0.0800. The summed E-state index contributed by atoms with van der Waals surface area (Å²) in [7, 11) is 2.22. The highest BCUT2D eigenvalue weighted by atomic mass is 15.2. The highest BCUT2D eigenvalue weighted by molar-refractivity contribution is 5.05. The molecule has 0 aromatic heterocycles. The smallest absolute Gasteiger partial charge is 0.0364 e. The Kier molecular flexibility index (Phi) is 6.55. The van der Waals surface area contributed by atoms with Gasteiger partial charge in [0.05, 0.1) is 0 Å². The van der Waals surface area contributed by atoms with Crippen LogP contribution in [0.4, 0.5) is 0 Å². The minimum absolute atomic E-state index is 0.446. The number of nitrogens with one attached hydrogen (secondary N) is 1. The lowest BCUT2D eigenvalue weighted by atomic mass is 9.70. The number of nitrogens with zero attached hydrogens (tertiary/aromatic N) is 1. The molecule has 0 aromatic carbocycles. The zero-order valence-corrected chi connectivity index (χ0v) is 15.0. The van der Waals surface area contributed by atoms with Crippen LogP contribution < -0.4 is 5.32 Å². The molecule has 0 aromatic rings. The summed E-state index contributed by atoms with van der Waals surface area (Å²) in [6.07, 6.45) is 12.9. The summed E-state index contributed by atoms with van der Waals surface area (Å²) in [6, 6.07) is 0.706. The van der Waals surface area contributed by atoms with Crippen molar-refractivity contribution in [1.29, 1.82) is 0 Å². The maximum Gasteiger partial charge on any atom is 0.0364 e. The molecular formula is C19H38N2. The van der Waals surface area contributed by atoms with Gasteiger partial charge in [0.25, 0.3) is 0 Å². The largest absolute Gasteiger partial charge is 0.315 e. The lowest BCUT2D eigenvalue weighted by Crippen LogP contribution is -2.62. The first-order valence-corrected chi connectivity index (χ1v) is 9.64. The zero-order valence-electron chi connectivity index (χ0n) is 15.0. The monoisotopic (exact) mass is 294 g/mol. The predicted octanol–water partition coefficient (Wildman–Crippen LogP) is 4.45. The van der Waals surface area contributed by atoms with Gasteiger partial charge in [-0.1, -0.05) is 52.9 Å². The highest BCUT2D eigenvalue weighted by Gasteiger charge is 2.47. The summed E-state index contributed by atoms with van der Waals surface area (Å²) in [4.78, 5) is 2.78. The van der Waals surface area contributed by atoms with Gasteiger partial charge in [-0.25, -0.2) is 0 Å². The van der Waals surface area contributed by atoms with Crippen LogP contribution in [0.3, 0.4) is 0 Å². The van der Waals surface area contributed by atoms with E-state index in [1.807, 2.05) is 0 Å². The first-order valence-electron chi connectivity index (χ1n) is 9.64. The molecule has 2 rings (SSSR count). The van der Waals surface area contributed by atoms with Crippen molar-refractivity contribution in [3.05, 3.63) is 0 Å². The summed E-state index contributed by atoms with van der Waals surface area (Å²) in [5.41, 5.74) is 0.446. The van der Waals surface area contributed by atoms with E-state index in [4.69, 9.17) is 0 Å². The summed E-state index contributed by atoms with van der Waals surface area (Å²) < 4.78 is 0. The second-order valence-electron chi connectivity index (χ2n) is 7.44. The van der Waals surface area contributed by atoms with Gasteiger partial charge in [0.15, 0.2) is 0 Å². The predicted molar refractivity (Wildman–Crippen MR) is 92.7 cm³/mol. The summed E-state index contributed by atoms with van der Waals surface area (Å²) in [5.74, 6) is 1.91. The Labute approximate surface area is 133 Å². The molecule has 1 N–H and O–H groups in total. The van der Waals surface area contributed by atoms with Gasteiger partial charge >= 0.3 is 0 Å². The van der Waals surface area contributed by atoms with Crippen LogP contribution in [-0.2, 0) is 0 Å². The third-order valence-electron chi connectivity index (χ3n) is 6.69. The van der Waals surface area contributed by atoms with Crippen LogP contribution in [0.5, 0.6) is 0 Å². The maximum atomic E-state index is 3.79. The van der Waals surface area contributed by atoms with Crippen molar-refractivity contribution in [3.63, 3.8) is 0 Å². The van der Waals surface area contributed by atoms with E-state index >= 15 is 0 Å². The Morgan fingerprint density at radius 2 is 1.57 bits per heavy atom. The topological polar surface area (TPSA) is 15.3 Å². The van der Waals surface area contributed by atoms with Gasteiger partial charge in [0.1, 0.15) is 0 Å². The molecule has 0 amide bonds. The molecular weight excluding hydrogens is 256 g/mol. The molecule has 0 heterocycles. The van der Waals surface area contributed by atoms with Crippen molar-refractivity contribution in [2.45, 2.75) is 90.1 Å². The Morgan fingerprint density at radius 1 is 1.00 bits per heavy atom. The van der Waals surface area contributed by atoms with Crippen LogP contribution >= 0.6 is 0 Å². The fourth-order valence-corrected chi connectivity index (χ4v) is 5.54.